The van der Waals surface area contributed by atoms with Crippen LogP contribution >= 0.6 is 0 Å². The Morgan fingerprint density at radius 1 is 1.25 bits per heavy atom. The van der Waals surface area contributed by atoms with Gasteiger partial charge in [-0.3, -0.25) is 9.78 Å². The van der Waals surface area contributed by atoms with E-state index in [1.165, 1.54) is 0 Å². The van der Waals surface area contributed by atoms with Gasteiger partial charge in [0.25, 0.3) is 0 Å². The van der Waals surface area contributed by atoms with Crippen molar-refractivity contribution in [2.75, 3.05) is 7.11 Å². The van der Waals surface area contributed by atoms with E-state index in [0.29, 0.717) is 0 Å². The number of aromatic nitrogens is 2. The van der Waals surface area contributed by atoms with Crippen molar-refractivity contribution in [3.8, 4) is 17.0 Å². The lowest BCUT2D eigenvalue weighted by Gasteiger charge is -2.26. The molecule has 2 N–H and O–H groups in total. The molecular weight excluding hydrogens is 354 g/mol. The van der Waals surface area contributed by atoms with Crippen LogP contribution in [0.5, 0.6) is 5.75 Å². The molecule has 6 heteroatoms. The zero-order valence-electron chi connectivity index (χ0n) is 16.0. The fourth-order valence-electron chi connectivity index (χ4n) is 3.91. The zero-order chi connectivity index (χ0) is 19.5. The molecule has 1 amide bonds. The van der Waals surface area contributed by atoms with Crippen molar-refractivity contribution in [3.63, 3.8) is 0 Å². The monoisotopic (exact) mass is 379 g/mol. The molecular formula is C22H25N3O3. The smallest absolute Gasteiger partial charge is 0.240 e. The summed E-state index contributed by atoms with van der Waals surface area (Å²) in [4.78, 5) is 17.2. The van der Waals surface area contributed by atoms with Gasteiger partial charge < -0.3 is 19.7 Å². The summed E-state index contributed by atoms with van der Waals surface area (Å²) in [5.74, 6) is 0.756. The van der Waals surface area contributed by atoms with E-state index < -0.39 is 0 Å². The second kappa shape index (κ2) is 8.02. The van der Waals surface area contributed by atoms with Gasteiger partial charge in [-0.25, -0.2) is 0 Å². The Labute approximate surface area is 164 Å². The summed E-state index contributed by atoms with van der Waals surface area (Å²) in [5, 5.41) is 13.8. The molecule has 28 heavy (non-hydrogen) atoms. The number of aliphatic hydroxyl groups is 1. The molecule has 0 atom stereocenters. The van der Waals surface area contributed by atoms with Crippen LogP contribution in [0, 0.1) is 0 Å². The van der Waals surface area contributed by atoms with Crippen molar-refractivity contribution in [2.24, 2.45) is 0 Å². The van der Waals surface area contributed by atoms with Gasteiger partial charge in [-0.1, -0.05) is 12.1 Å². The highest BCUT2D eigenvalue weighted by Crippen LogP contribution is 2.29. The number of benzene rings is 1. The number of nitrogens with one attached hydrogen (secondary N) is 1. The Hall–Kier alpha value is -2.86. The number of amides is 1. The molecule has 0 spiro atoms. The van der Waals surface area contributed by atoms with Crippen LogP contribution in [0.4, 0.5) is 0 Å². The van der Waals surface area contributed by atoms with Crippen molar-refractivity contribution in [2.45, 2.75) is 44.4 Å². The lowest BCUT2D eigenvalue weighted by Crippen LogP contribution is -2.40. The minimum absolute atomic E-state index is 0.0145. The average molecular weight is 379 g/mol. The van der Waals surface area contributed by atoms with E-state index in [9.17, 15) is 9.90 Å². The third-order valence-corrected chi connectivity index (χ3v) is 5.40. The minimum Gasteiger partial charge on any atom is -0.497 e. The van der Waals surface area contributed by atoms with Gasteiger partial charge in [0.05, 0.1) is 24.4 Å². The topological polar surface area (TPSA) is 76.4 Å². The lowest BCUT2D eigenvalue weighted by molar-refractivity contribution is -0.122. The zero-order valence-corrected chi connectivity index (χ0v) is 16.0. The second-order valence-electron chi connectivity index (χ2n) is 7.35. The third kappa shape index (κ3) is 3.87. The Morgan fingerprint density at radius 2 is 2.07 bits per heavy atom. The van der Waals surface area contributed by atoms with Gasteiger partial charge in [-0.15, -0.1) is 0 Å². The Bertz CT molecular complexity index is 974. The van der Waals surface area contributed by atoms with Gasteiger partial charge in [-0.05, 0) is 49.9 Å². The summed E-state index contributed by atoms with van der Waals surface area (Å²) in [7, 11) is 1.64. The molecule has 146 valence electrons. The number of pyridine rings is 1. The Balaban J connectivity index is 1.59. The van der Waals surface area contributed by atoms with Crippen LogP contribution < -0.4 is 10.1 Å². The van der Waals surface area contributed by atoms with Crippen molar-refractivity contribution < 1.29 is 14.6 Å². The molecule has 0 saturated heterocycles. The van der Waals surface area contributed by atoms with Gasteiger partial charge in [0.1, 0.15) is 12.3 Å². The number of nitrogens with zero attached hydrogens (tertiary/aromatic N) is 2. The lowest BCUT2D eigenvalue weighted by atomic mass is 9.93. The number of aliphatic hydroxyl groups excluding tert-OH is 1. The number of ether oxygens (including phenoxy) is 1. The van der Waals surface area contributed by atoms with Crippen LogP contribution in [0.3, 0.4) is 0 Å². The van der Waals surface area contributed by atoms with E-state index in [4.69, 9.17) is 4.74 Å². The number of hydrogen-bond donors (Lipinski definition) is 2. The predicted molar refractivity (Wildman–Crippen MR) is 108 cm³/mol. The first kappa shape index (κ1) is 18.5. The fraction of sp³-hybridized carbons (Fsp3) is 0.364. The number of methoxy groups -OCH3 is 1. The number of carbonyl (C=O) groups is 1. The molecule has 1 aromatic carbocycles. The number of hydrogen-bond acceptors (Lipinski definition) is 4. The molecule has 3 aromatic rings. The van der Waals surface area contributed by atoms with E-state index in [1.807, 2.05) is 47.2 Å². The van der Waals surface area contributed by atoms with E-state index in [1.54, 1.807) is 13.3 Å². The van der Waals surface area contributed by atoms with Crippen LogP contribution in [0.1, 0.15) is 25.7 Å². The first-order valence-electron chi connectivity index (χ1n) is 9.70. The molecule has 0 radical (unpaired) electrons. The van der Waals surface area contributed by atoms with Gasteiger partial charge in [0, 0.05) is 29.4 Å². The number of carbonyl (C=O) groups excluding carboxylic acids is 1. The third-order valence-electron chi connectivity index (χ3n) is 5.40. The predicted octanol–water partition coefficient (Wildman–Crippen LogP) is 3.13. The summed E-state index contributed by atoms with van der Waals surface area (Å²) in [6.07, 6.45) is 6.65. The summed E-state index contributed by atoms with van der Waals surface area (Å²) < 4.78 is 7.29. The van der Waals surface area contributed by atoms with Gasteiger partial charge in [-0.2, -0.15) is 0 Å². The van der Waals surface area contributed by atoms with E-state index in [0.717, 1.165) is 53.6 Å². The summed E-state index contributed by atoms with van der Waals surface area (Å²) >= 11 is 0. The largest absolute Gasteiger partial charge is 0.497 e. The second-order valence-corrected chi connectivity index (χ2v) is 7.35. The Morgan fingerprint density at radius 3 is 2.86 bits per heavy atom. The molecule has 4 rings (SSSR count). The maximum atomic E-state index is 12.6. The van der Waals surface area contributed by atoms with Crippen molar-refractivity contribution in [3.05, 3.63) is 48.8 Å². The molecule has 0 unspecified atom stereocenters. The van der Waals surface area contributed by atoms with Crippen LogP contribution in [0.25, 0.3) is 22.2 Å². The molecule has 2 aromatic heterocycles. The van der Waals surface area contributed by atoms with Gasteiger partial charge >= 0.3 is 0 Å². The summed E-state index contributed by atoms with van der Waals surface area (Å²) in [5.41, 5.74) is 2.71. The molecule has 1 saturated carbocycles. The maximum Gasteiger partial charge on any atom is 0.240 e. The highest BCUT2D eigenvalue weighted by atomic mass is 16.5. The van der Waals surface area contributed by atoms with Crippen molar-refractivity contribution in [1.29, 1.82) is 0 Å². The highest BCUT2D eigenvalue weighted by Gasteiger charge is 2.21. The van der Waals surface area contributed by atoms with Gasteiger partial charge in [0.2, 0.25) is 5.91 Å². The number of fused-ring (bicyclic) bond motifs is 1. The fourth-order valence-corrected chi connectivity index (χ4v) is 3.91. The van der Waals surface area contributed by atoms with Crippen LogP contribution in [0.15, 0.2) is 48.8 Å². The van der Waals surface area contributed by atoms with E-state index >= 15 is 0 Å². The highest BCUT2D eigenvalue weighted by molar-refractivity contribution is 5.93. The number of rotatable bonds is 5. The average Bonchev–Trinajstić information content (AvgIpc) is 3.12. The van der Waals surface area contributed by atoms with Crippen molar-refractivity contribution in [1.82, 2.24) is 14.9 Å². The van der Waals surface area contributed by atoms with Crippen LogP contribution in [0.2, 0.25) is 0 Å². The molecule has 1 aliphatic carbocycles. The standard InChI is InChI=1S/C22H25N3O3/c1-28-19-4-2-3-16(13-19)21-22-15(9-11-23-21)10-12-25(22)14-20(27)24-17-5-7-18(26)8-6-17/h2-4,9-13,17-18,26H,5-8,14H2,1H3,(H,24,27). The Kier molecular flexibility index (Phi) is 5.30. The quantitative estimate of drug-likeness (QED) is 0.714. The first-order valence-corrected chi connectivity index (χ1v) is 9.70. The molecule has 6 nitrogen and oxygen atoms in total. The van der Waals surface area contributed by atoms with Gasteiger partial charge in [0.15, 0.2) is 0 Å². The van der Waals surface area contributed by atoms with Crippen LogP contribution in [-0.4, -0.2) is 39.8 Å². The first-order chi connectivity index (χ1) is 13.6. The van der Waals surface area contributed by atoms with E-state index in [-0.39, 0.29) is 24.6 Å². The van der Waals surface area contributed by atoms with Crippen molar-refractivity contribution >= 4 is 16.8 Å². The maximum absolute atomic E-state index is 12.6. The molecule has 1 aliphatic rings. The van der Waals surface area contributed by atoms with E-state index in [2.05, 4.69) is 10.3 Å². The minimum atomic E-state index is -0.224. The molecule has 2 heterocycles. The summed E-state index contributed by atoms with van der Waals surface area (Å²) in [6, 6.07) is 11.9. The molecule has 0 bridgehead atoms. The molecule has 1 fully saturated rings. The molecule has 0 aliphatic heterocycles. The normalized spacial score (nSPS) is 19.5. The SMILES string of the molecule is COc1cccc(-c2nccc3ccn(CC(=O)NC4CCC(O)CC4)c23)c1. The van der Waals surface area contributed by atoms with Crippen LogP contribution in [-0.2, 0) is 11.3 Å². The summed E-state index contributed by atoms with van der Waals surface area (Å²) in [6.45, 7) is 0.241.